The van der Waals surface area contributed by atoms with Gasteiger partial charge in [-0.15, -0.1) is 21.5 Å². The predicted molar refractivity (Wildman–Crippen MR) is 113 cm³/mol. The minimum Gasteiger partial charge on any atom is -0.410 e. The molecule has 0 spiro atoms. The molecule has 0 bridgehead atoms. The predicted octanol–water partition coefficient (Wildman–Crippen LogP) is 5.25. The maximum atomic E-state index is 12.7. The highest BCUT2D eigenvalue weighted by Crippen LogP contribution is 2.31. The molecule has 0 fully saturated rings. The van der Waals surface area contributed by atoms with Crippen molar-refractivity contribution in [2.75, 3.05) is 5.75 Å². The van der Waals surface area contributed by atoms with E-state index in [9.17, 15) is 4.79 Å². The maximum Gasteiger partial charge on any atom is 0.277 e. The molecule has 0 radical (unpaired) electrons. The molecule has 6 nitrogen and oxygen atoms in total. The summed E-state index contributed by atoms with van der Waals surface area (Å²) in [6.45, 7) is 13.3. The number of carbonyl (C=O) groups is 1. The van der Waals surface area contributed by atoms with Crippen LogP contribution in [-0.2, 0) is 6.54 Å². The van der Waals surface area contributed by atoms with Crippen LogP contribution in [0.4, 0.5) is 0 Å². The lowest BCUT2D eigenvalue weighted by Gasteiger charge is -2.11. The summed E-state index contributed by atoms with van der Waals surface area (Å²) in [7, 11) is 0. The summed E-state index contributed by atoms with van der Waals surface area (Å²) < 4.78 is 7.96. The topological polar surface area (TPSA) is 73.8 Å². The van der Waals surface area contributed by atoms with Gasteiger partial charge in [-0.3, -0.25) is 4.79 Å². The van der Waals surface area contributed by atoms with Gasteiger partial charge in [0.05, 0.1) is 16.5 Å². The van der Waals surface area contributed by atoms with Gasteiger partial charge in [0.25, 0.3) is 11.1 Å². The lowest BCUT2D eigenvalue weighted by Crippen LogP contribution is -2.08. The number of hydrogen-bond donors (Lipinski definition) is 0. The number of ketones is 1. The molecule has 0 atom stereocenters. The number of hydrogen-bond acceptors (Lipinski definition) is 7. The average molecular weight is 419 g/mol. The van der Waals surface area contributed by atoms with Gasteiger partial charge in [-0.05, 0) is 46.1 Å². The molecular formula is C20H26N4O2S2. The molecule has 0 aliphatic heterocycles. The van der Waals surface area contributed by atoms with Gasteiger partial charge in [0.1, 0.15) is 4.88 Å². The smallest absolute Gasteiger partial charge is 0.277 e. The van der Waals surface area contributed by atoms with Crippen LogP contribution < -0.4 is 0 Å². The fourth-order valence-corrected chi connectivity index (χ4v) is 4.60. The summed E-state index contributed by atoms with van der Waals surface area (Å²) in [5.41, 5.74) is 3.82. The molecule has 0 aliphatic rings. The zero-order chi connectivity index (χ0) is 20.4. The molecule has 28 heavy (non-hydrogen) atoms. The third-order valence-corrected chi connectivity index (χ3v) is 6.51. The van der Waals surface area contributed by atoms with Crippen molar-refractivity contribution in [2.24, 2.45) is 5.92 Å². The Morgan fingerprint density at radius 1 is 1.25 bits per heavy atom. The summed E-state index contributed by atoms with van der Waals surface area (Å²) in [4.78, 5) is 18.0. The molecular weight excluding hydrogens is 392 g/mol. The fourth-order valence-electron chi connectivity index (χ4n) is 3.11. The molecule has 0 amide bonds. The Morgan fingerprint density at radius 2 is 2.00 bits per heavy atom. The summed E-state index contributed by atoms with van der Waals surface area (Å²) in [5, 5.41) is 9.54. The van der Waals surface area contributed by atoms with Gasteiger partial charge in [-0.25, -0.2) is 4.98 Å². The first-order valence-corrected chi connectivity index (χ1v) is 11.2. The van der Waals surface area contributed by atoms with Gasteiger partial charge >= 0.3 is 0 Å². The summed E-state index contributed by atoms with van der Waals surface area (Å²) in [5.74, 6) is 1.45. The minimum absolute atomic E-state index is 0.0819. The Labute approximate surface area is 173 Å². The third kappa shape index (κ3) is 4.55. The van der Waals surface area contributed by atoms with Crippen LogP contribution >= 0.6 is 23.1 Å². The van der Waals surface area contributed by atoms with Gasteiger partial charge in [-0.1, -0.05) is 25.6 Å². The molecule has 8 heteroatoms. The first-order chi connectivity index (χ1) is 13.3. The molecule has 3 heterocycles. The lowest BCUT2D eigenvalue weighted by molar-refractivity contribution is 0.102. The summed E-state index contributed by atoms with van der Waals surface area (Å²) >= 11 is 2.81. The Morgan fingerprint density at radius 3 is 2.64 bits per heavy atom. The van der Waals surface area contributed by atoms with E-state index in [1.54, 1.807) is 0 Å². The van der Waals surface area contributed by atoms with E-state index in [0.29, 0.717) is 17.0 Å². The Bertz CT molecular complexity index is 985. The van der Waals surface area contributed by atoms with Crippen molar-refractivity contribution in [3.8, 4) is 10.8 Å². The largest absolute Gasteiger partial charge is 0.410 e. The van der Waals surface area contributed by atoms with Crippen molar-refractivity contribution in [3.05, 3.63) is 33.7 Å². The van der Waals surface area contributed by atoms with Crippen LogP contribution in [0.15, 0.2) is 15.7 Å². The number of thiazole rings is 1. The first-order valence-electron chi connectivity index (χ1n) is 9.37. The van der Waals surface area contributed by atoms with Crippen molar-refractivity contribution in [1.82, 2.24) is 19.7 Å². The number of Topliss-reactive ketones (excluding diaryl/α,β-unsaturated/α-hetero) is 1. The van der Waals surface area contributed by atoms with Crippen molar-refractivity contribution in [2.45, 2.75) is 59.7 Å². The molecule has 0 N–H and O–H groups in total. The normalized spacial score (nSPS) is 11.5. The van der Waals surface area contributed by atoms with Crippen LogP contribution in [0, 0.1) is 33.6 Å². The van der Waals surface area contributed by atoms with Gasteiger partial charge < -0.3 is 8.98 Å². The molecule has 0 saturated heterocycles. The molecule has 3 aromatic heterocycles. The van der Waals surface area contributed by atoms with Crippen LogP contribution in [0.5, 0.6) is 0 Å². The standard InChI is InChI=1S/C20H26N4O2S2/c1-11(2)7-8-24-12(3)9-16(14(24)5)17(25)10-27-20-23-22-19(26-20)18-13(4)21-15(6)28-18/h9,11H,7-8,10H2,1-6H3. The van der Waals surface area contributed by atoms with Crippen LogP contribution in [0.25, 0.3) is 10.8 Å². The number of nitrogens with zero attached hydrogens (tertiary/aromatic N) is 4. The van der Waals surface area contributed by atoms with Crippen LogP contribution in [0.3, 0.4) is 0 Å². The van der Waals surface area contributed by atoms with E-state index >= 15 is 0 Å². The van der Waals surface area contributed by atoms with Crippen molar-refractivity contribution in [3.63, 3.8) is 0 Å². The molecule has 3 aromatic rings. The van der Waals surface area contributed by atoms with Crippen molar-refractivity contribution >= 4 is 28.9 Å². The monoisotopic (exact) mass is 418 g/mol. The van der Waals surface area contributed by atoms with E-state index in [0.717, 1.165) is 45.5 Å². The quantitative estimate of drug-likeness (QED) is 0.367. The lowest BCUT2D eigenvalue weighted by atomic mass is 10.1. The van der Waals surface area contributed by atoms with Gasteiger partial charge in [0.2, 0.25) is 0 Å². The molecule has 0 aromatic carbocycles. The first kappa shape index (κ1) is 20.8. The number of aryl methyl sites for hydroxylation is 3. The maximum absolute atomic E-state index is 12.7. The second kappa shape index (κ2) is 8.61. The van der Waals surface area contributed by atoms with Crippen LogP contribution in [0.1, 0.15) is 52.7 Å². The summed E-state index contributed by atoms with van der Waals surface area (Å²) in [6, 6.07) is 1.99. The number of thioether (sulfide) groups is 1. The van der Waals surface area contributed by atoms with Gasteiger partial charge in [0, 0.05) is 23.5 Å². The number of aromatic nitrogens is 4. The zero-order valence-electron chi connectivity index (χ0n) is 17.2. The minimum atomic E-state index is 0.0819. The van der Waals surface area contributed by atoms with E-state index in [4.69, 9.17) is 4.42 Å². The van der Waals surface area contributed by atoms with Crippen molar-refractivity contribution in [1.29, 1.82) is 0 Å². The van der Waals surface area contributed by atoms with E-state index in [-0.39, 0.29) is 11.5 Å². The highest BCUT2D eigenvalue weighted by Gasteiger charge is 2.19. The second-order valence-corrected chi connectivity index (χ2v) is 9.48. The Balaban J connectivity index is 1.66. The average Bonchev–Trinajstić information content (AvgIpc) is 3.29. The second-order valence-electron chi connectivity index (χ2n) is 7.35. The van der Waals surface area contributed by atoms with Gasteiger partial charge in [-0.2, -0.15) is 0 Å². The van der Waals surface area contributed by atoms with E-state index in [2.05, 4.69) is 40.5 Å². The van der Waals surface area contributed by atoms with Crippen LogP contribution in [-0.4, -0.2) is 31.3 Å². The SMILES string of the molecule is Cc1nc(C)c(-c2nnc(SCC(=O)c3cc(C)n(CCC(C)C)c3C)o2)s1. The Hall–Kier alpha value is -1.93. The van der Waals surface area contributed by atoms with Crippen LogP contribution in [0.2, 0.25) is 0 Å². The van der Waals surface area contributed by atoms with E-state index in [1.165, 1.54) is 23.1 Å². The Kier molecular flexibility index (Phi) is 6.40. The molecule has 150 valence electrons. The molecule has 3 rings (SSSR count). The number of rotatable bonds is 8. The van der Waals surface area contributed by atoms with E-state index in [1.807, 2.05) is 26.8 Å². The molecule has 0 unspecified atom stereocenters. The van der Waals surface area contributed by atoms with E-state index < -0.39 is 0 Å². The fraction of sp³-hybridized carbons (Fsp3) is 0.500. The molecule has 0 saturated carbocycles. The highest BCUT2D eigenvalue weighted by atomic mass is 32.2. The summed E-state index contributed by atoms with van der Waals surface area (Å²) in [6.07, 6.45) is 1.10. The highest BCUT2D eigenvalue weighted by molar-refractivity contribution is 7.99. The third-order valence-electron chi connectivity index (χ3n) is 4.64. The van der Waals surface area contributed by atoms with Gasteiger partial charge in [0.15, 0.2) is 5.78 Å². The number of carbonyl (C=O) groups excluding carboxylic acids is 1. The molecule has 0 aliphatic carbocycles. The van der Waals surface area contributed by atoms with Crippen molar-refractivity contribution < 1.29 is 9.21 Å². The zero-order valence-corrected chi connectivity index (χ0v) is 18.8.